The molecule has 3 aromatic rings. The first kappa shape index (κ1) is 18.1. The summed E-state index contributed by atoms with van der Waals surface area (Å²) in [6.07, 6.45) is 5.11. The van der Waals surface area contributed by atoms with Gasteiger partial charge >= 0.3 is 0 Å². The first-order chi connectivity index (χ1) is 13.6. The minimum atomic E-state index is -0.117. The van der Waals surface area contributed by atoms with Gasteiger partial charge in [-0.15, -0.1) is 0 Å². The van der Waals surface area contributed by atoms with Gasteiger partial charge in [-0.05, 0) is 25.0 Å². The minimum absolute atomic E-state index is 0.0994. The molecule has 4 rings (SSSR count). The zero-order valence-electron chi connectivity index (χ0n) is 15.8. The molecule has 1 fully saturated rings. The number of aromatic nitrogens is 3. The van der Waals surface area contributed by atoms with E-state index in [1.54, 1.807) is 24.0 Å². The Morgan fingerprint density at radius 1 is 1.11 bits per heavy atom. The van der Waals surface area contributed by atoms with E-state index in [0.717, 1.165) is 30.5 Å². The van der Waals surface area contributed by atoms with E-state index >= 15 is 0 Å². The van der Waals surface area contributed by atoms with E-state index in [2.05, 4.69) is 9.88 Å². The lowest BCUT2D eigenvalue weighted by Crippen LogP contribution is -2.41. The monoisotopic (exact) mass is 374 g/mol. The molecule has 0 bridgehead atoms. The van der Waals surface area contributed by atoms with E-state index in [9.17, 15) is 9.59 Å². The van der Waals surface area contributed by atoms with Crippen LogP contribution < -0.4 is 10.5 Å². The molecule has 1 saturated heterocycles. The number of carbonyl (C=O) groups excluding carboxylic acids is 1. The fourth-order valence-electron chi connectivity index (χ4n) is 3.69. The Morgan fingerprint density at radius 3 is 2.61 bits per heavy atom. The summed E-state index contributed by atoms with van der Waals surface area (Å²) in [6, 6.07) is 14.6. The summed E-state index contributed by atoms with van der Waals surface area (Å²) in [4.78, 5) is 36.2. The zero-order chi connectivity index (χ0) is 19.5. The van der Waals surface area contributed by atoms with E-state index in [1.807, 2.05) is 42.5 Å². The SMILES string of the molecule is Cn1c(N2CCCC(C(=O)c3ccccc3)C2)nc(-c2ccncc2)cc1=O. The summed E-state index contributed by atoms with van der Waals surface area (Å²) in [7, 11) is 1.73. The third-order valence-corrected chi connectivity index (χ3v) is 5.22. The predicted octanol–water partition coefficient (Wildman–Crippen LogP) is 2.94. The molecule has 1 aliphatic rings. The van der Waals surface area contributed by atoms with Crippen molar-refractivity contribution in [3.8, 4) is 11.3 Å². The second-order valence-corrected chi connectivity index (χ2v) is 7.09. The smallest absolute Gasteiger partial charge is 0.255 e. The highest BCUT2D eigenvalue weighted by Gasteiger charge is 2.28. The molecule has 1 unspecified atom stereocenters. The van der Waals surface area contributed by atoms with Crippen molar-refractivity contribution in [1.29, 1.82) is 0 Å². The third kappa shape index (κ3) is 3.58. The summed E-state index contributed by atoms with van der Waals surface area (Å²) < 4.78 is 1.56. The van der Waals surface area contributed by atoms with Gasteiger partial charge in [0.05, 0.1) is 5.69 Å². The van der Waals surface area contributed by atoms with Crippen LogP contribution in [0.3, 0.4) is 0 Å². The standard InChI is InChI=1S/C22H22N4O2/c1-25-20(27)14-19(16-9-11-23-12-10-16)24-22(25)26-13-5-8-18(15-26)21(28)17-6-3-2-4-7-17/h2-4,6-7,9-12,14,18H,5,8,13,15H2,1H3. The molecule has 6 heteroatoms. The van der Waals surface area contributed by atoms with Gasteiger partial charge in [0.25, 0.3) is 5.56 Å². The molecule has 0 amide bonds. The van der Waals surface area contributed by atoms with Gasteiger partial charge in [0, 0.05) is 55.6 Å². The van der Waals surface area contributed by atoms with Crippen LogP contribution in [0.25, 0.3) is 11.3 Å². The van der Waals surface area contributed by atoms with Gasteiger partial charge in [-0.3, -0.25) is 19.1 Å². The maximum absolute atomic E-state index is 12.9. The highest BCUT2D eigenvalue weighted by Crippen LogP contribution is 2.25. The van der Waals surface area contributed by atoms with Crippen LogP contribution in [0.5, 0.6) is 0 Å². The number of rotatable bonds is 4. The second-order valence-electron chi connectivity index (χ2n) is 7.09. The number of benzene rings is 1. The molecule has 0 radical (unpaired) electrons. The molecular formula is C22H22N4O2. The van der Waals surface area contributed by atoms with Crippen LogP contribution in [0.2, 0.25) is 0 Å². The van der Waals surface area contributed by atoms with Gasteiger partial charge in [0.2, 0.25) is 5.95 Å². The van der Waals surface area contributed by atoms with Gasteiger partial charge in [-0.25, -0.2) is 4.98 Å². The first-order valence-electron chi connectivity index (χ1n) is 9.46. The van der Waals surface area contributed by atoms with Crippen molar-refractivity contribution in [2.45, 2.75) is 12.8 Å². The molecule has 0 N–H and O–H groups in total. The Hall–Kier alpha value is -3.28. The van der Waals surface area contributed by atoms with Crippen LogP contribution in [0, 0.1) is 5.92 Å². The Balaban J connectivity index is 1.64. The van der Waals surface area contributed by atoms with Crippen LogP contribution in [-0.2, 0) is 7.05 Å². The van der Waals surface area contributed by atoms with Crippen molar-refractivity contribution in [1.82, 2.24) is 14.5 Å². The molecule has 6 nitrogen and oxygen atoms in total. The molecule has 142 valence electrons. The molecule has 28 heavy (non-hydrogen) atoms. The van der Waals surface area contributed by atoms with Crippen LogP contribution in [-0.4, -0.2) is 33.4 Å². The number of hydrogen-bond donors (Lipinski definition) is 0. The molecular weight excluding hydrogens is 352 g/mol. The highest BCUT2D eigenvalue weighted by molar-refractivity contribution is 5.98. The maximum atomic E-state index is 12.9. The maximum Gasteiger partial charge on any atom is 0.255 e. The zero-order valence-corrected chi connectivity index (χ0v) is 15.8. The number of carbonyl (C=O) groups is 1. The molecule has 0 spiro atoms. The number of Topliss-reactive ketones (excluding diaryl/α,β-unsaturated/α-hetero) is 1. The Labute approximate surface area is 163 Å². The van der Waals surface area contributed by atoms with Crippen molar-refractivity contribution in [3.63, 3.8) is 0 Å². The van der Waals surface area contributed by atoms with Crippen molar-refractivity contribution in [3.05, 3.63) is 76.8 Å². The van der Waals surface area contributed by atoms with E-state index in [-0.39, 0.29) is 17.3 Å². The number of piperidine rings is 1. The van der Waals surface area contributed by atoms with Crippen LogP contribution in [0.15, 0.2) is 65.7 Å². The van der Waals surface area contributed by atoms with Gasteiger partial charge in [0.1, 0.15) is 0 Å². The molecule has 0 saturated carbocycles. The average molecular weight is 374 g/mol. The molecule has 2 aromatic heterocycles. The molecule has 0 aliphatic carbocycles. The average Bonchev–Trinajstić information content (AvgIpc) is 2.76. The van der Waals surface area contributed by atoms with Crippen molar-refractivity contribution < 1.29 is 4.79 Å². The van der Waals surface area contributed by atoms with Gasteiger partial charge < -0.3 is 4.90 Å². The summed E-state index contributed by atoms with van der Waals surface area (Å²) in [5, 5.41) is 0. The van der Waals surface area contributed by atoms with Crippen LogP contribution in [0.1, 0.15) is 23.2 Å². The molecule has 1 aliphatic heterocycles. The Bertz CT molecular complexity index is 1030. The van der Waals surface area contributed by atoms with Gasteiger partial charge in [-0.2, -0.15) is 0 Å². The minimum Gasteiger partial charge on any atom is -0.341 e. The largest absolute Gasteiger partial charge is 0.341 e. The lowest BCUT2D eigenvalue weighted by Gasteiger charge is -2.33. The van der Waals surface area contributed by atoms with Crippen molar-refractivity contribution in [2.75, 3.05) is 18.0 Å². The summed E-state index contributed by atoms with van der Waals surface area (Å²) in [6.45, 7) is 1.34. The van der Waals surface area contributed by atoms with Crippen molar-refractivity contribution in [2.24, 2.45) is 13.0 Å². The number of hydrogen-bond acceptors (Lipinski definition) is 5. The molecule has 1 aromatic carbocycles. The quantitative estimate of drug-likeness (QED) is 0.657. The Morgan fingerprint density at radius 2 is 1.86 bits per heavy atom. The number of nitrogens with zero attached hydrogens (tertiary/aromatic N) is 4. The predicted molar refractivity (Wildman–Crippen MR) is 108 cm³/mol. The molecule has 3 heterocycles. The highest BCUT2D eigenvalue weighted by atomic mass is 16.1. The Kier molecular flexibility index (Phi) is 5.02. The second kappa shape index (κ2) is 7.76. The van der Waals surface area contributed by atoms with E-state index in [4.69, 9.17) is 4.98 Å². The normalized spacial score (nSPS) is 16.8. The first-order valence-corrected chi connectivity index (χ1v) is 9.46. The van der Waals surface area contributed by atoms with Crippen LogP contribution >= 0.6 is 0 Å². The summed E-state index contributed by atoms with van der Waals surface area (Å²) in [5.74, 6) is 0.656. The van der Waals surface area contributed by atoms with E-state index in [0.29, 0.717) is 18.2 Å². The fraction of sp³-hybridized carbons (Fsp3) is 0.273. The van der Waals surface area contributed by atoms with E-state index < -0.39 is 0 Å². The van der Waals surface area contributed by atoms with Crippen molar-refractivity contribution >= 4 is 11.7 Å². The summed E-state index contributed by atoms with van der Waals surface area (Å²) in [5.41, 5.74) is 2.09. The third-order valence-electron chi connectivity index (χ3n) is 5.22. The summed E-state index contributed by atoms with van der Waals surface area (Å²) >= 11 is 0. The fourth-order valence-corrected chi connectivity index (χ4v) is 3.69. The van der Waals surface area contributed by atoms with Gasteiger partial charge in [0.15, 0.2) is 5.78 Å². The number of anilines is 1. The number of ketones is 1. The van der Waals surface area contributed by atoms with E-state index in [1.165, 1.54) is 6.07 Å². The van der Waals surface area contributed by atoms with Crippen LogP contribution in [0.4, 0.5) is 5.95 Å². The van der Waals surface area contributed by atoms with Gasteiger partial charge in [-0.1, -0.05) is 30.3 Å². The molecule has 1 atom stereocenters. The lowest BCUT2D eigenvalue weighted by atomic mass is 9.90. The topological polar surface area (TPSA) is 68.1 Å². The number of pyridine rings is 1. The lowest BCUT2D eigenvalue weighted by molar-refractivity contribution is 0.0906.